The first-order valence-electron chi connectivity index (χ1n) is 6.25. The van der Waals surface area contributed by atoms with Crippen molar-refractivity contribution >= 4 is 39.4 Å². The molecule has 3 heterocycles. The van der Waals surface area contributed by atoms with Crippen molar-refractivity contribution in [2.24, 2.45) is 0 Å². The number of aryl methyl sites for hydroxylation is 1. The number of aromatic amines is 1. The largest absolute Gasteiger partial charge is 0.490 e. The highest BCUT2D eigenvalue weighted by Crippen LogP contribution is 2.27. The van der Waals surface area contributed by atoms with Gasteiger partial charge in [0.05, 0.1) is 11.3 Å². The molecule has 0 atom stereocenters. The summed E-state index contributed by atoms with van der Waals surface area (Å²) in [5, 5.41) is 8.03. The van der Waals surface area contributed by atoms with Gasteiger partial charge in [-0.2, -0.15) is 13.2 Å². The number of imidazole rings is 1. The first-order valence-corrected chi connectivity index (χ1v) is 8.11. The van der Waals surface area contributed by atoms with Gasteiger partial charge in [0, 0.05) is 11.9 Å². The van der Waals surface area contributed by atoms with E-state index < -0.39 is 12.1 Å². The number of nitrogens with zero attached hydrogens (tertiary/aromatic N) is 4. The molecule has 128 valence electrons. The average molecular weight is 377 g/mol. The van der Waals surface area contributed by atoms with Crippen LogP contribution in [0.15, 0.2) is 23.1 Å². The van der Waals surface area contributed by atoms with Gasteiger partial charge in [-0.25, -0.2) is 24.7 Å². The van der Waals surface area contributed by atoms with E-state index in [0.717, 1.165) is 32.6 Å². The van der Waals surface area contributed by atoms with Crippen molar-refractivity contribution in [1.82, 2.24) is 24.9 Å². The van der Waals surface area contributed by atoms with Gasteiger partial charge in [0.15, 0.2) is 0 Å². The Morgan fingerprint density at radius 2 is 2.04 bits per heavy atom. The summed E-state index contributed by atoms with van der Waals surface area (Å²) >= 11 is 3.15. The number of thiazole rings is 1. The molecule has 0 spiro atoms. The number of rotatable bonds is 3. The highest BCUT2D eigenvalue weighted by Gasteiger charge is 2.38. The molecule has 0 aromatic carbocycles. The number of nitrogens with one attached hydrogen (secondary N) is 1. The monoisotopic (exact) mass is 377 g/mol. The Hall–Kier alpha value is -2.21. The van der Waals surface area contributed by atoms with E-state index in [0.29, 0.717) is 0 Å². The van der Waals surface area contributed by atoms with Crippen LogP contribution in [0.25, 0.3) is 10.3 Å². The molecule has 3 aromatic heterocycles. The quantitative estimate of drug-likeness (QED) is 0.534. The average Bonchev–Trinajstić information content (AvgIpc) is 3.13. The van der Waals surface area contributed by atoms with Crippen molar-refractivity contribution in [3.8, 4) is 0 Å². The van der Waals surface area contributed by atoms with E-state index in [1.807, 2.05) is 13.1 Å². The lowest BCUT2D eigenvalue weighted by Crippen LogP contribution is -2.21. The molecule has 0 saturated heterocycles. The topological polar surface area (TPSA) is 105 Å². The second kappa shape index (κ2) is 7.57. The Balaban J connectivity index is 0.000000256. The van der Waals surface area contributed by atoms with Gasteiger partial charge in [-0.05, 0) is 6.92 Å². The fourth-order valence-electron chi connectivity index (χ4n) is 1.46. The first-order chi connectivity index (χ1) is 11.3. The fraction of sp³-hybridized carbons (Fsp3) is 0.250. The molecule has 24 heavy (non-hydrogen) atoms. The SMILES string of the molecule is Cc1cnc(CSc2ncnc3scnc23)[nH]1.O=C(O)C(F)(F)F. The second-order valence-electron chi connectivity index (χ2n) is 4.29. The number of H-pyrrole nitrogens is 1. The molecule has 2 N–H and O–H groups in total. The number of carbonyl (C=O) groups is 1. The summed E-state index contributed by atoms with van der Waals surface area (Å²) in [6.45, 7) is 1.99. The predicted molar refractivity (Wildman–Crippen MR) is 81.8 cm³/mol. The molecule has 7 nitrogen and oxygen atoms in total. The van der Waals surface area contributed by atoms with Crippen molar-refractivity contribution in [1.29, 1.82) is 0 Å². The van der Waals surface area contributed by atoms with Crippen LogP contribution in [0.5, 0.6) is 0 Å². The molecular weight excluding hydrogens is 367 g/mol. The van der Waals surface area contributed by atoms with E-state index in [2.05, 4.69) is 24.9 Å². The Kier molecular flexibility index (Phi) is 5.72. The second-order valence-corrected chi connectivity index (χ2v) is 6.09. The first kappa shape index (κ1) is 18.1. The number of hydrogen-bond acceptors (Lipinski definition) is 7. The van der Waals surface area contributed by atoms with Gasteiger partial charge in [-0.3, -0.25) is 0 Å². The van der Waals surface area contributed by atoms with Crippen molar-refractivity contribution in [2.45, 2.75) is 23.9 Å². The van der Waals surface area contributed by atoms with Crippen molar-refractivity contribution in [3.63, 3.8) is 0 Å². The van der Waals surface area contributed by atoms with E-state index in [1.54, 1.807) is 23.6 Å². The zero-order valence-corrected chi connectivity index (χ0v) is 13.7. The van der Waals surface area contributed by atoms with Gasteiger partial charge in [-0.15, -0.1) is 11.3 Å². The third kappa shape index (κ3) is 4.89. The summed E-state index contributed by atoms with van der Waals surface area (Å²) in [7, 11) is 0. The lowest BCUT2D eigenvalue weighted by Gasteiger charge is -1.98. The zero-order valence-electron chi connectivity index (χ0n) is 12.0. The molecular formula is C12H10F3N5O2S2. The van der Waals surface area contributed by atoms with Crippen molar-refractivity contribution < 1.29 is 23.1 Å². The Morgan fingerprint density at radius 3 is 2.62 bits per heavy atom. The molecule has 0 saturated carbocycles. The molecule has 0 aliphatic heterocycles. The molecule has 12 heteroatoms. The van der Waals surface area contributed by atoms with Crippen LogP contribution in [0, 0.1) is 6.92 Å². The van der Waals surface area contributed by atoms with Gasteiger partial charge in [-0.1, -0.05) is 11.8 Å². The normalized spacial score (nSPS) is 11.2. The summed E-state index contributed by atoms with van der Waals surface area (Å²) < 4.78 is 31.7. The maximum atomic E-state index is 10.6. The molecule has 0 amide bonds. The van der Waals surface area contributed by atoms with Crippen LogP contribution in [-0.2, 0) is 10.5 Å². The van der Waals surface area contributed by atoms with Crippen LogP contribution in [0.1, 0.15) is 11.5 Å². The van der Waals surface area contributed by atoms with Crippen molar-refractivity contribution in [3.05, 3.63) is 29.6 Å². The van der Waals surface area contributed by atoms with E-state index >= 15 is 0 Å². The van der Waals surface area contributed by atoms with Gasteiger partial charge in [0.2, 0.25) is 0 Å². The summed E-state index contributed by atoms with van der Waals surface area (Å²) in [4.78, 5) is 30.0. The van der Waals surface area contributed by atoms with Crippen molar-refractivity contribution in [2.75, 3.05) is 0 Å². The highest BCUT2D eigenvalue weighted by atomic mass is 32.2. The number of fused-ring (bicyclic) bond motifs is 1. The van der Waals surface area contributed by atoms with Gasteiger partial charge in [0.25, 0.3) is 0 Å². The van der Waals surface area contributed by atoms with E-state index in [1.165, 1.54) is 11.3 Å². The molecule has 0 radical (unpaired) electrons. The van der Waals surface area contributed by atoms with Crippen LogP contribution in [-0.4, -0.2) is 42.2 Å². The number of hydrogen-bond donors (Lipinski definition) is 2. The van der Waals surface area contributed by atoms with E-state index in [-0.39, 0.29) is 0 Å². The summed E-state index contributed by atoms with van der Waals surface area (Å²) in [6, 6.07) is 0. The molecule has 0 aliphatic carbocycles. The minimum absolute atomic E-state index is 0.761. The van der Waals surface area contributed by atoms with Crippen LogP contribution in [0.4, 0.5) is 13.2 Å². The molecule has 0 unspecified atom stereocenters. The third-order valence-electron chi connectivity index (χ3n) is 2.44. The van der Waals surface area contributed by atoms with Gasteiger partial charge < -0.3 is 10.1 Å². The Labute approximate surface area is 141 Å². The number of alkyl halides is 3. The number of thioether (sulfide) groups is 1. The number of aromatic nitrogens is 5. The van der Waals surface area contributed by atoms with Crippen LogP contribution < -0.4 is 0 Å². The minimum Gasteiger partial charge on any atom is -0.475 e. The summed E-state index contributed by atoms with van der Waals surface area (Å²) in [6.07, 6.45) is -1.68. The number of carboxylic acids is 1. The van der Waals surface area contributed by atoms with E-state index in [9.17, 15) is 13.2 Å². The lowest BCUT2D eigenvalue weighted by molar-refractivity contribution is -0.192. The lowest BCUT2D eigenvalue weighted by atomic mass is 10.6. The molecule has 0 bridgehead atoms. The van der Waals surface area contributed by atoms with Crippen LogP contribution in [0.2, 0.25) is 0 Å². The maximum absolute atomic E-state index is 10.6. The van der Waals surface area contributed by atoms with Gasteiger partial charge >= 0.3 is 12.1 Å². The standard InChI is InChI=1S/C10H9N5S2.C2HF3O2/c1-6-2-11-7(15-6)3-16-9-8-10(13-4-12-9)17-5-14-8;3-2(4,5)1(6)7/h2,4-5H,3H2,1H3,(H,11,15);(H,6,7). The van der Waals surface area contributed by atoms with Crippen LogP contribution in [0.3, 0.4) is 0 Å². The predicted octanol–water partition coefficient (Wildman–Crippen LogP) is 3.04. The van der Waals surface area contributed by atoms with Crippen LogP contribution >= 0.6 is 23.1 Å². The summed E-state index contributed by atoms with van der Waals surface area (Å²) in [5.41, 5.74) is 3.74. The third-order valence-corrected chi connectivity index (χ3v) is 4.17. The molecule has 0 fully saturated rings. The fourth-order valence-corrected chi connectivity index (χ4v) is 2.98. The highest BCUT2D eigenvalue weighted by molar-refractivity contribution is 7.98. The van der Waals surface area contributed by atoms with Gasteiger partial charge in [0.1, 0.15) is 27.5 Å². The van der Waals surface area contributed by atoms with E-state index in [4.69, 9.17) is 9.90 Å². The minimum atomic E-state index is -5.08. The Morgan fingerprint density at radius 1 is 1.33 bits per heavy atom. The zero-order chi connectivity index (χ0) is 17.7. The molecule has 3 rings (SSSR count). The number of halogens is 3. The molecule has 3 aromatic rings. The number of carboxylic acid groups (broad SMARTS) is 1. The maximum Gasteiger partial charge on any atom is 0.490 e. The number of aliphatic carboxylic acids is 1. The molecule has 0 aliphatic rings. The smallest absolute Gasteiger partial charge is 0.475 e. The summed E-state index contributed by atoms with van der Waals surface area (Å²) in [5.74, 6) is -1.04. The Bertz CT molecular complexity index is 833.